The van der Waals surface area contributed by atoms with Crippen LogP contribution in [0.4, 0.5) is 34.1 Å². The van der Waals surface area contributed by atoms with E-state index >= 15 is 0 Å². The van der Waals surface area contributed by atoms with Crippen LogP contribution in [-0.4, -0.2) is 87.9 Å². The average molecular weight is 998 g/mol. The van der Waals surface area contributed by atoms with E-state index in [0.29, 0.717) is 70.0 Å². The minimum absolute atomic E-state index is 0.0108. The highest BCUT2D eigenvalue weighted by molar-refractivity contribution is 8.00. The SMILES string of the molecule is CC(C)(C)c1cc(N)c(SCCN)c(NC(=O)c2cc(C(=O)Nc3cc(C(C)(C)C)cc(NC(=O)c4cc(C=O)ncn4)c3SCCN)ncn2)c1.CNc1cc(C(C)(C)C)cc(N)c1SCCN. The first kappa shape index (κ1) is 55.8. The van der Waals surface area contributed by atoms with Crippen molar-refractivity contribution >= 4 is 93.4 Å². The molecule has 5 aromatic rings. The third kappa shape index (κ3) is 15.6. The number of hydrogen-bond donors (Lipinski definition) is 9. The number of carbonyl (C=O) groups is 4. The van der Waals surface area contributed by atoms with E-state index in [-0.39, 0.29) is 33.6 Å². The molecule has 0 fully saturated rings. The molecular formula is C49H67N13O4S3. The Morgan fingerprint density at radius 2 is 0.841 bits per heavy atom. The van der Waals surface area contributed by atoms with Crippen LogP contribution in [0.5, 0.6) is 0 Å². The van der Waals surface area contributed by atoms with Gasteiger partial charge in [-0.3, -0.25) is 19.2 Å². The van der Waals surface area contributed by atoms with Crippen molar-refractivity contribution in [2.45, 2.75) is 93.2 Å². The topological polar surface area (TPSA) is 298 Å². The summed E-state index contributed by atoms with van der Waals surface area (Å²) in [5.41, 5.74) is 35.8. The summed E-state index contributed by atoms with van der Waals surface area (Å²) in [6.45, 7) is 20.1. The molecule has 0 radical (unpaired) electrons. The van der Waals surface area contributed by atoms with Crippen LogP contribution in [0.25, 0.3) is 0 Å². The zero-order valence-corrected chi connectivity index (χ0v) is 43.6. The molecule has 2 aromatic heterocycles. The van der Waals surface area contributed by atoms with E-state index in [9.17, 15) is 19.2 Å². The Bertz CT molecular complexity index is 2630. The van der Waals surface area contributed by atoms with Gasteiger partial charge in [0, 0.05) is 67.1 Å². The van der Waals surface area contributed by atoms with E-state index in [1.165, 1.54) is 41.2 Å². The maximum absolute atomic E-state index is 13.8. The van der Waals surface area contributed by atoms with Crippen molar-refractivity contribution in [2.75, 3.05) is 76.7 Å². The number of aldehydes is 1. The van der Waals surface area contributed by atoms with Gasteiger partial charge in [0.25, 0.3) is 17.7 Å². The smallest absolute Gasteiger partial charge is 0.274 e. The maximum atomic E-state index is 13.8. The fourth-order valence-corrected chi connectivity index (χ4v) is 8.91. The summed E-state index contributed by atoms with van der Waals surface area (Å²) in [6, 6.07) is 14.3. The van der Waals surface area contributed by atoms with Crippen molar-refractivity contribution in [3.05, 3.63) is 101 Å². The molecule has 370 valence electrons. The van der Waals surface area contributed by atoms with Gasteiger partial charge in [0.1, 0.15) is 35.4 Å². The second-order valence-electron chi connectivity index (χ2n) is 18.8. The number of nitrogen functional groups attached to an aromatic ring is 2. The van der Waals surface area contributed by atoms with Gasteiger partial charge in [0.15, 0.2) is 6.29 Å². The molecule has 0 unspecified atom stereocenters. The Hall–Kier alpha value is -5.77. The molecule has 17 nitrogen and oxygen atoms in total. The van der Waals surface area contributed by atoms with E-state index in [2.05, 4.69) is 74.1 Å². The van der Waals surface area contributed by atoms with Crippen molar-refractivity contribution < 1.29 is 19.2 Å². The van der Waals surface area contributed by atoms with Gasteiger partial charge in [0.05, 0.1) is 31.7 Å². The van der Waals surface area contributed by atoms with Crippen LogP contribution in [0.2, 0.25) is 0 Å². The monoisotopic (exact) mass is 997 g/mol. The highest BCUT2D eigenvalue weighted by Crippen LogP contribution is 2.41. The largest absolute Gasteiger partial charge is 0.398 e. The number of hydrogen-bond acceptors (Lipinski definition) is 17. The lowest BCUT2D eigenvalue weighted by molar-refractivity contribution is 0.101. The number of nitrogens with one attached hydrogen (secondary N) is 4. The predicted octanol–water partition coefficient (Wildman–Crippen LogP) is 7.77. The summed E-state index contributed by atoms with van der Waals surface area (Å²) in [6.07, 6.45) is 2.80. The minimum atomic E-state index is -0.612. The van der Waals surface area contributed by atoms with Crippen molar-refractivity contribution in [3.8, 4) is 0 Å². The third-order valence-corrected chi connectivity index (χ3v) is 13.7. The molecule has 3 amide bonds. The minimum Gasteiger partial charge on any atom is -0.398 e. The van der Waals surface area contributed by atoms with Gasteiger partial charge in [-0.2, -0.15) is 0 Å². The molecule has 0 saturated heterocycles. The molecule has 0 spiro atoms. The Balaban J connectivity index is 0.000000513. The second kappa shape index (κ2) is 24.7. The zero-order valence-electron chi connectivity index (χ0n) is 41.1. The Morgan fingerprint density at radius 1 is 0.507 bits per heavy atom. The highest BCUT2D eigenvalue weighted by Gasteiger charge is 2.25. The number of amides is 3. The van der Waals surface area contributed by atoms with Gasteiger partial charge in [-0.15, -0.1) is 35.3 Å². The van der Waals surface area contributed by atoms with E-state index < -0.39 is 23.1 Å². The molecule has 0 saturated carbocycles. The maximum Gasteiger partial charge on any atom is 0.274 e. The van der Waals surface area contributed by atoms with Crippen LogP contribution in [0.3, 0.4) is 0 Å². The van der Waals surface area contributed by atoms with Gasteiger partial charge in [-0.25, -0.2) is 19.9 Å². The molecule has 20 heteroatoms. The lowest BCUT2D eigenvalue weighted by atomic mass is 9.86. The molecule has 5 rings (SSSR count). The van der Waals surface area contributed by atoms with Crippen LogP contribution in [0, 0.1) is 0 Å². The van der Waals surface area contributed by atoms with Crippen LogP contribution in [0.15, 0.2) is 75.9 Å². The number of nitrogens with two attached hydrogens (primary N) is 5. The Labute approximate surface area is 418 Å². The van der Waals surface area contributed by atoms with Crippen molar-refractivity contribution in [2.24, 2.45) is 17.2 Å². The second-order valence-corrected chi connectivity index (χ2v) is 22.1. The lowest BCUT2D eigenvalue weighted by Gasteiger charge is -2.24. The first-order valence-corrected chi connectivity index (χ1v) is 25.2. The molecule has 69 heavy (non-hydrogen) atoms. The molecule has 2 heterocycles. The van der Waals surface area contributed by atoms with Gasteiger partial charge < -0.3 is 49.9 Å². The summed E-state index contributed by atoms with van der Waals surface area (Å²) >= 11 is 4.48. The van der Waals surface area contributed by atoms with Crippen molar-refractivity contribution in [1.29, 1.82) is 0 Å². The van der Waals surface area contributed by atoms with Crippen LogP contribution in [-0.2, 0) is 16.2 Å². The number of nitrogens with zero attached hydrogens (tertiary/aromatic N) is 4. The molecule has 0 atom stereocenters. The summed E-state index contributed by atoms with van der Waals surface area (Å²) in [5.74, 6) is 0.196. The molecule has 0 aliphatic rings. The number of rotatable bonds is 17. The Morgan fingerprint density at radius 3 is 1.22 bits per heavy atom. The fraction of sp³-hybridized carbons (Fsp3) is 0.388. The van der Waals surface area contributed by atoms with Gasteiger partial charge in [0.2, 0.25) is 0 Å². The molecular weight excluding hydrogens is 931 g/mol. The number of anilines is 6. The third-order valence-electron chi connectivity index (χ3n) is 10.2. The average Bonchev–Trinajstić information content (AvgIpc) is 3.29. The number of carbonyl (C=O) groups excluding carboxylic acids is 4. The summed E-state index contributed by atoms with van der Waals surface area (Å²) < 4.78 is 0. The zero-order chi connectivity index (χ0) is 51.3. The quantitative estimate of drug-likeness (QED) is 0.0244. The molecule has 0 aliphatic heterocycles. The van der Waals surface area contributed by atoms with E-state index in [1.807, 2.05) is 72.9 Å². The lowest BCUT2D eigenvalue weighted by Crippen LogP contribution is -2.21. The molecule has 3 aromatic carbocycles. The number of thioether (sulfide) groups is 3. The van der Waals surface area contributed by atoms with Gasteiger partial charge >= 0.3 is 0 Å². The summed E-state index contributed by atoms with van der Waals surface area (Å²) in [5, 5.41) is 11.9. The predicted molar refractivity (Wildman–Crippen MR) is 286 cm³/mol. The number of aromatic nitrogens is 4. The van der Waals surface area contributed by atoms with E-state index in [1.54, 1.807) is 11.8 Å². The molecule has 14 N–H and O–H groups in total. The first-order valence-electron chi connectivity index (χ1n) is 22.2. The van der Waals surface area contributed by atoms with Crippen molar-refractivity contribution in [1.82, 2.24) is 19.9 Å². The summed E-state index contributed by atoms with van der Waals surface area (Å²) in [4.78, 5) is 70.4. The Kier molecular flexibility index (Phi) is 20.0. The fourth-order valence-electron chi connectivity index (χ4n) is 6.38. The first-order chi connectivity index (χ1) is 32.4. The summed E-state index contributed by atoms with van der Waals surface area (Å²) in [7, 11) is 1.92. The van der Waals surface area contributed by atoms with Crippen LogP contribution >= 0.6 is 35.3 Å². The van der Waals surface area contributed by atoms with Gasteiger partial charge in [-0.1, -0.05) is 62.3 Å². The molecule has 0 bridgehead atoms. The van der Waals surface area contributed by atoms with Crippen molar-refractivity contribution in [3.63, 3.8) is 0 Å². The van der Waals surface area contributed by atoms with Gasteiger partial charge in [-0.05, 0) is 75.4 Å². The normalized spacial score (nSPS) is 11.6. The molecule has 0 aliphatic carbocycles. The van der Waals surface area contributed by atoms with Crippen LogP contribution in [0.1, 0.15) is 121 Å². The number of benzene rings is 3. The highest BCUT2D eigenvalue weighted by atomic mass is 32.2. The van der Waals surface area contributed by atoms with E-state index in [0.717, 1.165) is 45.8 Å². The standard InChI is InChI=1S/C36H44N10O4S2.C13H23N3S/c1-35(2,3)20-11-23(39)30(51-9-7-37)24(12-20)44-33(49)28-16-29(43-19-42-28)34(50)46-26-14-21(36(4,5)6)13-25(31(26)52-10-8-38)45-32(48)27-15-22(17-47)40-18-41-27;1-13(2,3)9-7-10(15)12(17-6-5-14)11(8-9)16-4/h11-19H,7-10,37-39H2,1-6H3,(H,44,49)(H,45,48)(H,46,50);7-8,16H,5-6,14-15H2,1-4H3. The van der Waals surface area contributed by atoms with E-state index in [4.69, 9.17) is 28.7 Å². The van der Waals surface area contributed by atoms with Crippen LogP contribution < -0.4 is 49.9 Å².